The highest BCUT2D eigenvalue weighted by Crippen LogP contribution is 2.47. The fraction of sp³-hybridized carbons (Fsp3) is 0.137. The molecule has 0 radical (unpaired) electrons. The van der Waals surface area contributed by atoms with Crippen molar-refractivity contribution in [2.24, 2.45) is 0 Å². The average Bonchev–Trinajstić information content (AvgIpc) is 3.60. The first-order chi connectivity index (χ1) is 25.6. The van der Waals surface area contributed by atoms with Crippen LogP contribution in [0.5, 0.6) is 0 Å². The Morgan fingerprint density at radius 1 is 0.577 bits per heavy atom. The van der Waals surface area contributed by atoms with Gasteiger partial charge in [0.05, 0.1) is 0 Å². The van der Waals surface area contributed by atoms with Crippen molar-refractivity contribution in [1.29, 1.82) is 0 Å². The summed E-state index contributed by atoms with van der Waals surface area (Å²) in [7, 11) is 0. The van der Waals surface area contributed by atoms with Crippen LogP contribution in [0.1, 0.15) is 62.3 Å². The highest BCUT2D eigenvalue weighted by Gasteiger charge is 2.19. The van der Waals surface area contributed by atoms with E-state index in [-0.39, 0.29) is 0 Å². The molecule has 52 heavy (non-hydrogen) atoms. The summed E-state index contributed by atoms with van der Waals surface area (Å²) in [6.07, 6.45) is 6.53. The normalized spacial score (nSPS) is 12.9. The standard InChI is InChI=1S/C51H42S/c1-4-6-21-39(35-16-8-7-9-17-35)42-30-29-36-18-10-11-22-40(36)46(42)32-34(5-2)33(3)37-19-12-20-38(31-37)41-23-13-24-43-44-25-14-27-47-50(44)51-45(49(41)43)26-15-28-48(51)52-47/h7-31H,4-6,32H2,1-3H3/b34-33+,39-21+. The summed E-state index contributed by atoms with van der Waals surface area (Å²) < 4.78 is 2.74. The molecule has 0 fully saturated rings. The van der Waals surface area contributed by atoms with E-state index in [1.54, 1.807) is 0 Å². The van der Waals surface area contributed by atoms with Gasteiger partial charge in [-0.1, -0.05) is 159 Å². The van der Waals surface area contributed by atoms with E-state index in [0.29, 0.717) is 0 Å². The average molecular weight is 687 g/mol. The molecule has 0 aliphatic carbocycles. The number of hydrogen-bond acceptors (Lipinski definition) is 1. The third-order valence-corrected chi connectivity index (χ3v) is 12.3. The Morgan fingerprint density at radius 2 is 1.23 bits per heavy atom. The molecule has 0 nitrogen and oxygen atoms in total. The summed E-state index contributed by atoms with van der Waals surface area (Å²) in [5.41, 5.74) is 12.1. The molecular weight excluding hydrogens is 645 g/mol. The van der Waals surface area contributed by atoms with E-state index in [0.717, 1.165) is 25.7 Å². The van der Waals surface area contributed by atoms with Gasteiger partial charge in [0, 0.05) is 20.2 Å². The first kappa shape index (κ1) is 32.4. The Bertz CT molecular complexity index is 2810. The van der Waals surface area contributed by atoms with Crippen LogP contribution in [-0.4, -0.2) is 0 Å². The molecule has 0 bridgehead atoms. The third-order valence-electron chi connectivity index (χ3n) is 11.2. The molecule has 0 aliphatic heterocycles. The summed E-state index contributed by atoms with van der Waals surface area (Å²) in [6, 6.07) is 54.4. The monoisotopic (exact) mass is 686 g/mol. The smallest absolute Gasteiger partial charge is 0.0361 e. The minimum absolute atomic E-state index is 0.910. The zero-order valence-corrected chi connectivity index (χ0v) is 31.0. The number of hydrogen-bond donors (Lipinski definition) is 0. The molecule has 8 aromatic carbocycles. The summed E-state index contributed by atoms with van der Waals surface area (Å²) >= 11 is 1.91. The van der Waals surface area contributed by atoms with E-state index < -0.39 is 0 Å². The topological polar surface area (TPSA) is 0 Å². The fourth-order valence-corrected chi connectivity index (χ4v) is 9.69. The van der Waals surface area contributed by atoms with E-state index in [4.69, 9.17) is 0 Å². The van der Waals surface area contributed by atoms with Crippen LogP contribution >= 0.6 is 11.3 Å². The molecule has 0 N–H and O–H groups in total. The summed E-state index contributed by atoms with van der Waals surface area (Å²) in [5, 5.41) is 10.9. The second kappa shape index (κ2) is 13.6. The SMILES string of the molecule is CCC/C=C(\c1ccccc1)c1ccc2ccccc2c1C/C(CC)=C(\C)c1cccc(-c2cccc3c4cccc5sc6cccc(c23)c6c54)c1. The number of unbranched alkanes of at least 4 members (excludes halogenated alkanes) is 1. The third kappa shape index (κ3) is 5.43. The number of benzene rings is 8. The van der Waals surface area contributed by atoms with Gasteiger partial charge in [0.2, 0.25) is 0 Å². The van der Waals surface area contributed by atoms with E-state index in [9.17, 15) is 0 Å². The Labute approximate surface area is 310 Å². The van der Waals surface area contributed by atoms with E-state index in [1.807, 2.05) is 11.3 Å². The molecule has 0 saturated carbocycles. The predicted molar refractivity (Wildman–Crippen MR) is 230 cm³/mol. The van der Waals surface area contributed by atoms with Gasteiger partial charge in [-0.15, -0.1) is 11.3 Å². The van der Waals surface area contributed by atoms with Gasteiger partial charge in [-0.05, 0) is 121 Å². The number of allylic oxidation sites excluding steroid dienone is 3. The Hall–Kier alpha value is -5.50. The van der Waals surface area contributed by atoms with Gasteiger partial charge >= 0.3 is 0 Å². The van der Waals surface area contributed by atoms with Crippen molar-refractivity contribution in [3.8, 4) is 11.1 Å². The van der Waals surface area contributed by atoms with Crippen molar-refractivity contribution in [1.82, 2.24) is 0 Å². The number of fused-ring (bicyclic) bond motifs is 4. The van der Waals surface area contributed by atoms with Crippen LogP contribution in [0, 0.1) is 0 Å². The number of thiophene rings is 1. The van der Waals surface area contributed by atoms with Crippen molar-refractivity contribution >= 4 is 75.0 Å². The van der Waals surface area contributed by atoms with Crippen molar-refractivity contribution in [2.45, 2.75) is 46.5 Å². The lowest BCUT2D eigenvalue weighted by Gasteiger charge is -2.20. The van der Waals surface area contributed by atoms with Gasteiger partial charge in [0.1, 0.15) is 0 Å². The predicted octanol–water partition coefficient (Wildman–Crippen LogP) is 15.3. The summed E-state index contributed by atoms with van der Waals surface area (Å²) in [5.74, 6) is 0. The molecule has 0 atom stereocenters. The molecule has 0 saturated heterocycles. The molecule has 9 aromatic rings. The van der Waals surface area contributed by atoms with Crippen LogP contribution in [0.3, 0.4) is 0 Å². The van der Waals surface area contributed by atoms with Crippen LogP contribution in [0.15, 0.2) is 157 Å². The maximum absolute atomic E-state index is 2.45. The lowest BCUT2D eigenvalue weighted by atomic mass is 9.84. The molecule has 9 rings (SSSR count). The van der Waals surface area contributed by atoms with Crippen LogP contribution < -0.4 is 0 Å². The maximum Gasteiger partial charge on any atom is 0.0361 e. The molecule has 1 aromatic heterocycles. The summed E-state index contributed by atoms with van der Waals surface area (Å²) in [4.78, 5) is 0. The van der Waals surface area contributed by atoms with Crippen molar-refractivity contribution < 1.29 is 0 Å². The molecule has 0 unspecified atom stereocenters. The van der Waals surface area contributed by atoms with Gasteiger partial charge in [0.25, 0.3) is 0 Å². The van der Waals surface area contributed by atoms with Gasteiger partial charge < -0.3 is 0 Å². The fourth-order valence-electron chi connectivity index (χ4n) is 8.54. The highest BCUT2D eigenvalue weighted by molar-refractivity contribution is 7.26. The van der Waals surface area contributed by atoms with Crippen LogP contribution in [0.25, 0.3) is 74.8 Å². The molecule has 0 amide bonds. The van der Waals surface area contributed by atoms with E-state index in [1.165, 1.54) is 103 Å². The second-order valence-corrected chi connectivity index (χ2v) is 15.2. The van der Waals surface area contributed by atoms with Crippen molar-refractivity contribution in [3.63, 3.8) is 0 Å². The van der Waals surface area contributed by atoms with Gasteiger partial charge in [-0.25, -0.2) is 0 Å². The minimum atomic E-state index is 0.910. The van der Waals surface area contributed by atoms with Crippen molar-refractivity contribution in [2.75, 3.05) is 0 Å². The van der Waals surface area contributed by atoms with Crippen molar-refractivity contribution in [3.05, 3.63) is 179 Å². The first-order valence-corrected chi connectivity index (χ1v) is 19.6. The Balaban J connectivity index is 1.19. The minimum Gasteiger partial charge on any atom is -0.135 e. The largest absolute Gasteiger partial charge is 0.135 e. The quantitative estimate of drug-likeness (QED) is 0.133. The molecule has 0 spiro atoms. The second-order valence-electron chi connectivity index (χ2n) is 14.1. The van der Waals surface area contributed by atoms with Gasteiger partial charge in [-0.2, -0.15) is 0 Å². The molecule has 252 valence electrons. The highest BCUT2D eigenvalue weighted by atomic mass is 32.1. The summed E-state index contributed by atoms with van der Waals surface area (Å²) in [6.45, 7) is 6.93. The van der Waals surface area contributed by atoms with Crippen LogP contribution in [0.2, 0.25) is 0 Å². The van der Waals surface area contributed by atoms with Crippen LogP contribution in [0.4, 0.5) is 0 Å². The first-order valence-electron chi connectivity index (χ1n) is 18.8. The Kier molecular flexibility index (Phi) is 8.45. The lowest BCUT2D eigenvalue weighted by molar-refractivity contribution is 0.959. The van der Waals surface area contributed by atoms with E-state index >= 15 is 0 Å². The van der Waals surface area contributed by atoms with Gasteiger partial charge in [-0.3, -0.25) is 0 Å². The molecule has 0 aliphatic rings. The van der Waals surface area contributed by atoms with Gasteiger partial charge in [0.15, 0.2) is 0 Å². The molecular formula is C51H42S. The number of rotatable bonds is 9. The van der Waals surface area contributed by atoms with Crippen LogP contribution in [-0.2, 0) is 6.42 Å². The zero-order chi connectivity index (χ0) is 35.2. The molecule has 1 heterocycles. The maximum atomic E-state index is 2.45. The van der Waals surface area contributed by atoms with E-state index in [2.05, 4.69) is 172 Å². The Morgan fingerprint density at radius 3 is 2.02 bits per heavy atom. The zero-order valence-electron chi connectivity index (χ0n) is 30.2. The lowest BCUT2D eigenvalue weighted by Crippen LogP contribution is -2.01. The molecule has 1 heteroatoms.